The zero-order chi connectivity index (χ0) is 22.2. The first-order valence-electron chi connectivity index (χ1n) is 10.4. The summed E-state index contributed by atoms with van der Waals surface area (Å²) < 4.78 is 13.5. The Bertz CT molecular complexity index is 986. The van der Waals surface area contributed by atoms with Crippen molar-refractivity contribution in [2.75, 3.05) is 25.0 Å². The van der Waals surface area contributed by atoms with Crippen molar-refractivity contribution in [1.82, 2.24) is 15.1 Å². The number of para-hydroxylation sites is 1. The van der Waals surface area contributed by atoms with Crippen LogP contribution in [-0.4, -0.2) is 47.5 Å². The van der Waals surface area contributed by atoms with Gasteiger partial charge in [-0.15, -0.1) is 0 Å². The Labute approximate surface area is 182 Å². The molecule has 1 unspecified atom stereocenters. The lowest BCUT2D eigenvalue weighted by Gasteiger charge is -2.42. The Kier molecular flexibility index (Phi) is 7.44. The average Bonchev–Trinajstić information content (AvgIpc) is 2.75. The maximum Gasteiger partial charge on any atom is 0.322 e. The van der Waals surface area contributed by atoms with Crippen molar-refractivity contribution in [2.45, 2.75) is 32.7 Å². The van der Waals surface area contributed by atoms with Crippen LogP contribution in [0.15, 0.2) is 53.5 Å². The lowest BCUT2D eigenvalue weighted by atomic mass is 10.1. The largest absolute Gasteiger partial charge is 0.338 e. The number of aliphatic imine (C=N–C) groups is 1. The Morgan fingerprint density at radius 3 is 2.77 bits per heavy atom. The molecule has 0 aliphatic carbocycles. The second kappa shape index (κ2) is 10.4. The van der Waals surface area contributed by atoms with E-state index in [-0.39, 0.29) is 12.1 Å². The fourth-order valence-corrected chi connectivity index (χ4v) is 3.69. The van der Waals surface area contributed by atoms with Gasteiger partial charge in [0.05, 0.1) is 11.7 Å². The molecule has 2 aromatic carbocycles. The van der Waals surface area contributed by atoms with E-state index in [1.54, 1.807) is 17.0 Å². The number of halogens is 1. The van der Waals surface area contributed by atoms with E-state index in [1.807, 2.05) is 42.3 Å². The van der Waals surface area contributed by atoms with Gasteiger partial charge in [0.15, 0.2) is 6.19 Å². The Morgan fingerprint density at radius 2 is 2.06 bits per heavy atom. The molecule has 1 aliphatic heterocycles. The summed E-state index contributed by atoms with van der Waals surface area (Å²) in [7, 11) is 0. The SMILES string of the molecule is CCCC1CN(C(=Nc2ccccc2C)NC#N)CCN1C(=O)Nc1cccc(F)c1. The molecule has 0 saturated carbocycles. The maximum absolute atomic E-state index is 13.5. The van der Waals surface area contributed by atoms with Gasteiger partial charge >= 0.3 is 6.03 Å². The summed E-state index contributed by atoms with van der Waals surface area (Å²) in [6.45, 7) is 5.57. The number of nitrogens with one attached hydrogen (secondary N) is 2. The fourth-order valence-electron chi connectivity index (χ4n) is 3.69. The lowest BCUT2D eigenvalue weighted by Crippen LogP contribution is -2.59. The second-order valence-electron chi connectivity index (χ2n) is 7.48. The second-order valence-corrected chi connectivity index (χ2v) is 7.48. The van der Waals surface area contributed by atoms with Gasteiger partial charge in [-0.3, -0.25) is 5.32 Å². The van der Waals surface area contributed by atoms with Gasteiger partial charge in [0.1, 0.15) is 5.82 Å². The average molecular weight is 423 g/mol. The van der Waals surface area contributed by atoms with E-state index in [2.05, 4.69) is 22.5 Å². The number of piperazine rings is 1. The highest BCUT2D eigenvalue weighted by molar-refractivity contribution is 5.90. The number of hydrogen-bond acceptors (Lipinski definition) is 3. The highest BCUT2D eigenvalue weighted by Crippen LogP contribution is 2.21. The molecule has 3 rings (SSSR count). The fraction of sp³-hybridized carbons (Fsp3) is 0.348. The van der Waals surface area contributed by atoms with Crippen LogP contribution < -0.4 is 10.6 Å². The van der Waals surface area contributed by atoms with Gasteiger partial charge in [-0.2, -0.15) is 5.26 Å². The first-order chi connectivity index (χ1) is 15.0. The van der Waals surface area contributed by atoms with Crippen LogP contribution in [0.4, 0.5) is 20.6 Å². The molecular formula is C23H27FN6O. The van der Waals surface area contributed by atoms with Crippen molar-refractivity contribution in [1.29, 1.82) is 5.26 Å². The number of aryl methyl sites for hydroxylation is 1. The number of carbonyl (C=O) groups is 1. The van der Waals surface area contributed by atoms with Gasteiger partial charge in [-0.25, -0.2) is 14.2 Å². The first kappa shape index (κ1) is 22.1. The minimum Gasteiger partial charge on any atom is -0.338 e. The summed E-state index contributed by atoms with van der Waals surface area (Å²) in [5.74, 6) is 0.0791. The molecule has 8 heteroatoms. The predicted molar refractivity (Wildman–Crippen MR) is 119 cm³/mol. The molecule has 162 valence electrons. The third-order valence-electron chi connectivity index (χ3n) is 5.25. The highest BCUT2D eigenvalue weighted by atomic mass is 19.1. The van der Waals surface area contributed by atoms with Crippen LogP contribution in [0.1, 0.15) is 25.3 Å². The number of anilines is 1. The molecule has 1 aliphatic rings. The number of benzene rings is 2. The number of urea groups is 1. The van der Waals surface area contributed by atoms with Gasteiger partial charge in [-0.05, 0) is 43.2 Å². The molecule has 2 N–H and O–H groups in total. The molecule has 1 heterocycles. The molecular weight excluding hydrogens is 395 g/mol. The monoisotopic (exact) mass is 422 g/mol. The van der Waals surface area contributed by atoms with Gasteiger partial charge in [0.2, 0.25) is 5.96 Å². The Balaban J connectivity index is 1.77. The van der Waals surface area contributed by atoms with Crippen molar-refractivity contribution in [3.63, 3.8) is 0 Å². The lowest BCUT2D eigenvalue weighted by molar-refractivity contribution is 0.129. The molecule has 1 fully saturated rings. The molecule has 0 radical (unpaired) electrons. The molecule has 2 amide bonds. The van der Waals surface area contributed by atoms with Crippen molar-refractivity contribution in [3.8, 4) is 6.19 Å². The Hall–Kier alpha value is -3.60. The van der Waals surface area contributed by atoms with E-state index in [0.29, 0.717) is 31.3 Å². The molecule has 31 heavy (non-hydrogen) atoms. The van der Waals surface area contributed by atoms with Crippen LogP contribution in [0.5, 0.6) is 0 Å². The molecule has 1 atom stereocenters. The summed E-state index contributed by atoms with van der Waals surface area (Å²) in [5.41, 5.74) is 2.23. The van der Waals surface area contributed by atoms with Crippen LogP contribution in [0.2, 0.25) is 0 Å². The quantitative estimate of drug-likeness (QED) is 0.335. The summed E-state index contributed by atoms with van der Waals surface area (Å²) in [4.78, 5) is 21.3. The predicted octanol–water partition coefficient (Wildman–Crippen LogP) is 4.21. The zero-order valence-electron chi connectivity index (χ0n) is 17.8. The normalized spacial score (nSPS) is 16.6. The minimum absolute atomic E-state index is 0.0603. The van der Waals surface area contributed by atoms with Crippen molar-refractivity contribution < 1.29 is 9.18 Å². The van der Waals surface area contributed by atoms with E-state index >= 15 is 0 Å². The zero-order valence-corrected chi connectivity index (χ0v) is 17.8. The summed E-state index contributed by atoms with van der Waals surface area (Å²) in [6, 6.07) is 13.3. The number of nitriles is 1. The number of guanidine groups is 1. The number of nitrogens with zero attached hydrogens (tertiary/aromatic N) is 4. The smallest absolute Gasteiger partial charge is 0.322 e. The van der Waals surface area contributed by atoms with E-state index in [1.165, 1.54) is 12.1 Å². The van der Waals surface area contributed by atoms with Crippen LogP contribution in [0.3, 0.4) is 0 Å². The van der Waals surface area contributed by atoms with Crippen LogP contribution in [0.25, 0.3) is 0 Å². The number of amides is 2. The first-order valence-corrected chi connectivity index (χ1v) is 10.4. The van der Waals surface area contributed by atoms with Crippen LogP contribution in [-0.2, 0) is 0 Å². The Morgan fingerprint density at radius 1 is 1.26 bits per heavy atom. The van der Waals surface area contributed by atoms with Gasteiger partial charge in [0.25, 0.3) is 0 Å². The standard InChI is InChI=1S/C23H27FN6O/c1-3-7-20-15-29(22(26-16-25)28-21-11-5-4-8-17(21)2)12-13-30(20)23(31)27-19-10-6-9-18(24)14-19/h4-6,8-11,14,20H,3,7,12-13,15H2,1-2H3,(H,26,28)(H,27,31). The van der Waals surface area contributed by atoms with E-state index in [4.69, 9.17) is 0 Å². The molecule has 0 spiro atoms. The molecule has 0 bridgehead atoms. The van der Waals surface area contributed by atoms with Crippen molar-refractivity contribution in [3.05, 3.63) is 59.9 Å². The number of carbonyl (C=O) groups excluding carboxylic acids is 1. The number of rotatable bonds is 4. The van der Waals surface area contributed by atoms with Crippen molar-refractivity contribution >= 4 is 23.4 Å². The molecule has 7 nitrogen and oxygen atoms in total. The van der Waals surface area contributed by atoms with Crippen LogP contribution >= 0.6 is 0 Å². The van der Waals surface area contributed by atoms with Crippen LogP contribution in [0, 0.1) is 24.2 Å². The highest BCUT2D eigenvalue weighted by Gasteiger charge is 2.31. The molecule has 0 aromatic heterocycles. The van der Waals surface area contributed by atoms with E-state index in [0.717, 1.165) is 24.1 Å². The minimum atomic E-state index is -0.396. The number of hydrogen-bond donors (Lipinski definition) is 2. The molecule has 1 saturated heterocycles. The van der Waals surface area contributed by atoms with E-state index in [9.17, 15) is 14.4 Å². The summed E-state index contributed by atoms with van der Waals surface area (Å²) in [6.07, 6.45) is 3.68. The van der Waals surface area contributed by atoms with Gasteiger partial charge in [-0.1, -0.05) is 37.6 Å². The van der Waals surface area contributed by atoms with E-state index < -0.39 is 5.82 Å². The van der Waals surface area contributed by atoms with Crippen molar-refractivity contribution in [2.24, 2.45) is 4.99 Å². The third kappa shape index (κ3) is 5.72. The topological polar surface area (TPSA) is 83.8 Å². The third-order valence-corrected chi connectivity index (χ3v) is 5.25. The summed E-state index contributed by atoms with van der Waals surface area (Å²) >= 11 is 0. The van der Waals surface area contributed by atoms with Gasteiger partial charge in [0, 0.05) is 25.3 Å². The maximum atomic E-state index is 13.5. The molecule has 2 aromatic rings. The van der Waals surface area contributed by atoms with Gasteiger partial charge < -0.3 is 15.1 Å². The summed E-state index contributed by atoms with van der Waals surface area (Å²) in [5, 5.41) is 14.7.